The Balaban J connectivity index is 2.62. The molecule has 0 aromatic heterocycles. The first-order valence-corrected chi connectivity index (χ1v) is 5.73. The first kappa shape index (κ1) is 13.7. The smallest absolute Gasteiger partial charge is 0.309 e. The van der Waals surface area contributed by atoms with Crippen molar-refractivity contribution in [1.29, 1.82) is 0 Å². The summed E-state index contributed by atoms with van der Waals surface area (Å²) in [7, 11) is 0. The van der Waals surface area contributed by atoms with Crippen molar-refractivity contribution in [3.8, 4) is 0 Å². The lowest BCUT2D eigenvalue weighted by atomic mass is 9.86. The number of carbonyl (C=O) groups is 2. The summed E-state index contributed by atoms with van der Waals surface area (Å²) < 4.78 is 0. The lowest BCUT2D eigenvalue weighted by Gasteiger charge is -2.18. The van der Waals surface area contributed by atoms with Crippen LogP contribution in [-0.2, 0) is 4.79 Å². The summed E-state index contributed by atoms with van der Waals surface area (Å²) in [6.07, 6.45) is 0.546. The quantitative estimate of drug-likeness (QED) is 0.819. The third-order valence-electron chi connectivity index (χ3n) is 2.72. The molecule has 17 heavy (non-hydrogen) atoms. The molecule has 0 aliphatic heterocycles. The number of ketones is 1. The third kappa shape index (κ3) is 3.86. The van der Waals surface area contributed by atoms with Gasteiger partial charge in [-0.05, 0) is 44.5 Å². The number of rotatable bonds is 5. The summed E-state index contributed by atoms with van der Waals surface area (Å²) in [4.78, 5) is 22.7. The normalized spacial score (nSPS) is 11.2. The van der Waals surface area contributed by atoms with Crippen molar-refractivity contribution in [2.75, 3.05) is 0 Å². The topological polar surface area (TPSA) is 54.4 Å². The van der Waals surface area contributed by atoms with Gasteiger partial charge in [0.15, 0.2) is 5.78 Å². The van der Waals surface area contributed by atoms with E-state index in [-0.39, 0.29) is 12.2 Å². The minimum Gasteiger partial charge on any atom is -0.481 e. The molecule has 92 valence electrons. The molecule has 0 spiro atoms. The molecule has 0 radical (unpaired) electrons. The van der Waals surface area contributed by atoms with E-state index in [9.17, 15) is 9.59 Å². The van der Waals surface area contributed by atoms with Crippen LogP contribution in [0.5, 0.6) is 0 Å². The van der Waals surface area contributed by atoms with Gasteiger partial charge in [0.2, 0.25) is 0 Å². The van der Waals surface area contributed by atoms with Crippen LogP contribution in [0, 0.1) is 5.41 Å². The van der Waals surface area contributed by atoms with E-state index in [4.69, 9.17) is 16.7 Å². The van der Waals surface area contributed by atoms with Crippen LogP contribution in [0.4, 0.5) is 0 Å². The number of Topliss-reactive ketones (excluding diaryl/α,β-unsaturated/α-hetero) is 1. The maximum Gasteiger partial charge on any atom is 0.309 e. The highest BCUT2D eigenvalue weighted by atomic mass is 35.5. The van der Waals surface area contributed by atoms with Gasteiger partial charge in [0, 0.05) is 17.0 Å². The maximum absolute atomic E-state index is 11.8. The molecule has 0 aliphatic carbocycles. The molecule has 1 aromatic carbocycles. The molecule has 1 rings (SSSR count). The standard InChI is InChI=1S/C13H15ClO3/c1-13(2,12(16)17)8-7-11(15)9-3-5-10(14)6-4-9/h3-6H,7-8H2,1-2H3,(H,16,17). The Bertz CT molecular complexity index is 421. The van der Waals surface area contributed by atoms with E-state index in [0.717, 1.165) is 0 Å². The summed E-state index contributed by atoms with van der Waals surface area (Å²) in [6.45, 7) is 3.23. The molecule has 1 N–H and O–H groups in total. The molecule has 0 amide bonds. The first-order chi connectivity index (χ1) is 7.83. The average molecular weight is 255 g/mol. The molecule has 3 nitrogen and oxygen atoms in total. The Labute approximate surface area is 105 Å². The number of hydrogen-bond donors (Lipinski definition) is 1. The second-order valence-corrected chi connectivity index (χ2v) is 5.06. The van der Waals surface area contributed by atoms with E-state index in [1.807, 2.05) is 0 Å². The predicted octanol–water partition coefficient (Wildman–Crippen LogP) is 3.41. The number of hydrogen-bond acceptors (Lipinski definition) is 2. The number of halogens is 1. The molecule has 0 aliphatic rings. The molecule has 4 heteroatoms. The Morgan fingerprint density at radius 2 is 1.76 bits per heavy atom. The Hall–Kier alpha value is -1.35. The molecule has 1 aromatic rings. The van der Waals surface area contributed by atoms with Gasteiger partial charge in [-0.15, -0.1) is 0 Å². The van der Waals surface area contributed by atoms with Crippen LogP contribution in [0.2, 0.25) is 5.02 Å². The first-order valence-electron chi connectivity index (χ1n) is 5.35. The number of carboxylic acids is 1. The van der Waals surface area contributed by atoms with Crippen LogP contribution in [0.15, 0.2) is 24.3 Å². The highest BCUT2D eigenvalue weighted by Gasteiger charge is 2.27. The Kier molecular flexibility index (Phi) is 4.29. The van der Waals surface area contributed by atoms with E-state index in [1.165, 1.54) is 0 Å². The van der Waals surface area contributed by atoms with Crippen LogP contribution in [0.3, 0.4) is 0 Å². The minimum absolute atomic E-state index is 0.0593. The fraction of sp³-hybridized carbons (Fsp3) is 0.385. The monoisotopic (exact) mass is 254 g/mol. The van der Waals surface area contributed by atoms with Gasteiger partial charge in [0.1, 0.15) is 0 Å². The van der Waals surface area contributed by atoms with Gasteiger partial charge in [0.05, 0.1) is 5.41 Å². The molecule has 0 heterocycles. The average Bonchev–Trinajstić information content (AvgIpc) is 2.27. The van der Waals surface area contributed by atoms with E-state index < -0.39 is 11.4 Å². The zero-order valence-corrected chi connectivity index (χ0v) is 10.6. The van der Waals surface area contributed by atoms with E-state index in [2.05, 4.69) is 0 Å². The number of benzene rings is 1. The van der Waals surface area contributed by atoms with Crippen LogP contribution in [0.1, 0.15) is 37.0 Å². The lowest BCUT2D eigenvalue weighted by Crippen LogP contribution is -2.24. The summed E-state index contributed by atoms with van der Waals surface area (Å²) in [5, 5.41) is 9.51. The van der Waals surface area contributed by atoms with E-state index in [1.54, 1.807) is 38.1 Å². The van der Waals surface area contributed by atoms with Crippen molar-refractivity contribution in [2.24, 2.45) is 5.41 Å². The van der Waals surface area contributed by atoms with Gasteiger partial charge >= 0.3 is 5.97 Å². The van der Waals surface area contributed by atoms with E-state index >= 15 is 0 Å². The van der Waals surface area contributed by atoms with Crippen LogP contribution < -0.4 is 0 Å². The fourth-order valence-electron chi connectivity index (χ4n) is 1.31. The molecule has 0 saturated carbocycles. The van der Waals surface area contributed by atoms with Gasteiger partial charge in [-0.3, -0.25) is 9.59 Å². The van der Waals surface area contributed by atoms with Crippen molar-refractivity contribution in [3.63, 3.8) is 0 Å². The van der Waals surface area contributed by atoms with Crippen LogP contribution >= 0.6 is 11.6 Å². The predicted molar refractivity (Wildman–Crippen MR) is 66.4 cm³/mol. The minimum atomic E-state index is -0.888. The van der Waals surface area contributed by atoms with Gasteiger partial charge in [-0.1, -0.05) is 11.6 Å². The molecule has 0 saturated heterocycles. The highest BCUT2D eigenvalue weighted by Crippen LogP contribution is 2.23. The Morgan fingerprint density at radius 3 is 2.24 bits per heavy atom. The van der Waals surface area contributed by atoms with Crippen molar-refractivity contribution < 1.29 is 14.7 Å². The van der Waals surface area contributed by atoms with Crippen molar-refractivity contribution >= 4 is 23.4 Å². The fourth-order valence-corrected chi connectivity index (χ4v) is 1.44. The SMILES string of the molecule is CC(C)(CCC(=O)c1ccc(Cl)cc1)C(=O)O. The second kappa shape index (κ2) is 5.32. The summed E-state index contributed by atoms with van der Waals surface area (Å²) in [5.74, 6) is -0.947. The highest BCUT2D eigenvalue weighted by molar-refractivity contribution is 6.30. The van der Waals surface area contributed by atoms with Crippen molar-refractivity contribution in [3.05, 3.63) is 34.9 Å². The molecule has 0 bridgehead atoms. The lowest BCUT2D eigenvalue weighted by molar-refractivity contribution is -0.147. The van der Waals surface area contributed by atoms with Crippen LogP contribution in [0.25, 0.3) is 0 Å². The summed E-state index contributed by atoms with van der Waals surface area (Å²) in [6, 6.07) is 6.60. The third-order valence-corrected chi connectivity index (χ3v) is 2.97. The molecular weight excluding hydrogens is 240 g/mol. The molecule has 0 unspecified atom stereocenters. The zero-order valence-electron chi connectivity index (χ0n) is 9.87. The number of carbonyl (C=O) groups excluding carboxylic acids is 1. The Morgan fingerprint density at radius 1 is 1.24 bits per heavy atom. The van der Waals surface area contributed by atoms with Crippen molar-refractivity contribution in [2.45, 2.75) is 26.7 Å². The molecule has 0 atom stereocenters. The van der Waals surface area contributed by atoms with Gasteiger partial charge in [-0.25, -0.2) is 0 Å². The van der Waals surface area contributed by atoms with Crippen LogP contribution in [-0.4, -0.2) is 16.9 Å². The van der Waals surface area contributed by atoms with Gasteiger partial charge < -0.3 is 5.11 Å². The molecule has 0 fully saturated rings. The van der Waals surface area contributed by atoms with Crippen molar-refractivity contribution in [1.82, 2.24) is 0 Å². The number of aliphatic carboxylic acids is 1. The summed E-state index contributed by atoms with van der Waals surface area (Å²) in [5.41, 5.74) is -0.308. The number of carboxylic acid groups (broad SMARTS) is 1. The van der Waals surface area contributed by atoms with Gasteiger partial charge in [-0.2, -0.15) is 0 Å². The summed E-state index contributed by atoms with van der Waals surface area (Å²) >= 11 is 5.72. The maximum atomic E-state index is 11.8. The largest absolute Gasteiger partial charge is 0.481 e. The molecular formula is C13H15ClO3. The van der Waals surface area contributed by atoms with E-state index in [0.29, 0.717) is 17.0 Å². The van der Waals surface area contributed by atoms with Gasteiger partial charge in [0.25, 0.3) is 0 Å². The zero-order chi connectivity index (χ0) is 13.1. The second-order valence-electron chi connectivity index (χ2n) is 4.62.